The molecule has 0 aliphatic carbocycles. The van der Waals surface area contributed by atoms with Crippen LogP contribution in [0, 0.1) is 0 Å². The van der Waals surface area contributed by atoms with Gasteiger partial charge in [-0.05, 0) is 18.4 Å². The molecule has 4 rings (SSSR count). The second kappa shape index (κ2) is 5.02. The minimum Gasteiger partial charge on any atom is -0.461 e. The highest BCUT2D eigenvalue weighted by Crippen LogP contribution is 2.23. The van der Waals surface area contributed by atoms with Gasteiger partial charge in [0.2, 0.25) is 11.8 Å². The third-order valence-electron chi connectivity index (χ3n) is 3.35. The fourth-order valence-corrected chi connectivity index (χ4v) is 2.66. The van der Waals surface area contributed by atoms with E-state index >= 15 is 0 Å². The first kappa shape index (κ1) is 13.1. The third-order valence-corrected chi connectivity index (χ3v) is 3.94. The standard InChI is InChI=1S/C13H13N7OS/c1-22-6-4-19-11-8(7-15-19)12-16-10(9-3-2-5-21-9)18-20(12)13(14)17-11/h2-3,5,7H,4,6H2,1H3,(H2,14,17). The normalized spacial score (nSPS) is 11.7. The Bertz CT molecular complexity index is 940. The molecule has 0 aliphatic heterocycles. The van der Waals surface area contributed by atoms with E-state index in [9.17, 15) is 0 Å². The molecule has 0 aromatic carbocycles. The van der Waals surface area contributed by atoms with E-state index in [0.29, 0.717) is 17.2 Å². The Kier molecular flexibility index (Phi) is 3.00. The largest absolute Gasteiger partial charge is 0.461 e. The number of fused-ring (bicyclic) bond motifs is 3. The van der Waals surface area contributed by atoms with Crippen LogP contribution in [0.3, 0.4) is 0 Å². The number of anilines is 1. The summed E-state index contributed by atoms with van der Waals surface area (Å²) in [6.45, 7) is 0.770. The highest BCUT2D eigenvalue weighted by Gasteiger charge is 2.17. The molecule has 4 heterocycles. The third kappa shape index (κ3) is 1.93. The number of nitrogens with two attached hydrogens (primary N) is 1. The van der Waals surface area contributed by atoms with Gasteiger partial charge in [0.1, 0.15) is 0 Å². The van der Waals surface area contributed by atoms with E-state index in [-0.39, 0.29) is 5.95 Å². The monoisotopic (exact) mass is 315 g/mol. The van der Waals surface area contributed by atoms with E-state index in [0.717, 1.165) is 23.3 Å². The molecule has 0 saturated heterocycles. The number of nitrogens with zero attached hydrogens (tertiary/aromatic N) is 6. The second-order valence-corrected chi connectivity index (χ2v) is 5.70. The van der Waals surface area contributed by atoms with Crippen LogP contribution in [-0.2, 0) is 6.54 Å². The van der Waals surface area contributed by atoms with Crippen LogP contribution in [0.15, 0.2) is 29.0 Å². The van der Waals surface area contributed by atoms with Crippen LogP contribution in [-0.4, -0.2) is 41.4 Å². The van der Waals surface area contributed by atoms with Crippen molar-refractivity contribution in [2.45, 2.75) is 6.54 Å². The maximum atomic E-state index is 6.02. The molecular formula is C13H13N7OS. The fraction of sp³-hybridized carbons (Fsp3) is 0.231. The summed E-state index contributed by atoms with van der Waals surface area (Å²) in [6, 6.07) is 3.59. The van der Waals surface area contributed by atoms with Crippen molar-refractivity contribution in [3.8, 4) is 11.6 Å². The molecule has 0 unspecified atom stereocenters. The van der Waals surface area contributed by atoms with E-state index in [1.165, 1.54) is 4.52 Å². The molecule has 0 aliphatic rings. The van der Waals surface area contributed by atoms with Gasteiger partial charge in [-0.3, -0.25) is 0 Å². The Morgan fingerprint density at radius 3 is 3.00 bits per heavy atom. The van der Waals surface area contributed by atoms with Crippen molar-refractivity contribution >= 4 is 34.4 Å². The van der Waals surface area contributed by atoms with Crippen molar-refractivity contribution in [3.05, 3.63) is 24.6 Å². The summed E-state index contributed by atoms with van der Waals surface area (Å²) in [4.78, 5) is 8.93. The predicted molar refractivity (Wildman–Crippen MR) is 84.6 cm³/mol. The zero-order valence-electron chi connectivity index (χ0n) is 11.8. The summed E-state index contributed by atoms with van der Waals surface area (Å²) in [5, 5.41) is 9.56. The van der Waals surface area contributed by atoms with Crippen LogP contribution >= 0.6 is 11.8 Å². The number of rotatable bonds is 4. The second-order valence-electron chi connectivity index (χ2n) is 4.72. The minimum atomic E-state index is 0.277. The lowest BCUT2D eigenvalue weighted by molar-refractivity contribution is 0.577. The van der Waals surface area contributed by atoms with Gasteiger partial charge in [-0.25, -0.2) is 9.67 Å². The van der Waals surface area contributed by atoms with E-state index < -0.39 is 0 Å². The Balaban J connectivity index is 1.93. The van der Waals surface area contributed by atoms with Gasteiger partial charge < -0.3 is 10.2 Å². The van der Waals surface area contributed by atoms with Crippen LogP contribution in [0.1, 0.15) is 0 Å². The lowest BCUT2D eigenvalue weighted by Crippen LogP contribution is -2.07. The summed E-state index contributed by atoms with van der Waals surface area (Å²) in [7, 11) is 0. The summed E-state index contributed by atoms with van der Waals surface area (Å²) < 4.78 is 8.69. The molecular weight excluding hydrogens is 302 g/mol. The molecule has 4 aromatic rings. The van der Waals surface area contributed by atoms with Gasteiger partial charge in [0, 0.05) is 5.75 Å². The van der Waals surface area contributed by atoms with Crippen LogP contribution in [0.4, 0.5) is 5.95 Å². The zero-order chi connectivity index (χ0) is 15.1. The van der Waals surface area contributed by atoms with E-state index in [1.807, 2.05) is 4.68 Å². The molecule has 0 fully saturated rings. The van der Waals surface area contributed by atoms with Crippen LogP contribution < -0.4 is 5.73 Å². The molecule has 0 radical (unpaired) electrons. The van der Waals surface area contributed by atoms with Crippen LogP contribution in [0.25, 0.3) is 28.3 Å². The molecule has 0 bridgehead atoms. The number of hydrogen-bond donors (Lipinski definition) is 1. The maximum absolute atomic E-state index is 6.02. The molecule has 0 atom stereocenters. The van der Waals surface area contributed by atoms with Crippen LogP contribution in [0.5, 0.6) is 0 Å². The molecule has 9 heteroatoms. The van der Waals surface area contributed by atoms with E-state index in [1.54, 1.807) is 36.4 Å². The van der Waals surface area contributed by atoms with Crippen molar-refractivity contribution < 1.29 is 4.42 Å². The lowest BCUT2D eigenvalue weighted by Gasteiger charge is -2.02. The molecule has 0 saturated carbocycles. The molecule has 2 N–H and O–H groups in total. The molecule has 4 aromatic heterocycles. The van der Waals surface area contributed by atoms with Crippen LogP contribution in [0.2, 0.25) is 0 Å². The van der Waals surface area contributed by atoms with E-state index in [2.05, 4.69) is 26.4 Å². The fourth-order valence-electron chi connectivity index (χ4n) is 2.31. The number of furan rings is 1. The molecule has 112 valence electrons. The van der Waals surface area contributed by atoms with Gasteiger partial charge >= 0.3 is 0 Å². The predicted octanol–water partition coefficient (Wildman–Crippen LogP) is 1.68. The molecule has 0 spiro atoms. The number of hydrogen-bond acceptors (Lipinski definition) is 7. The molecule has 0 amide bonds. The minimum absolute atomic E-state index is 0.277. The Hall–Kier alpha value is -2.55. The van der Waals surface area contributed by atoms with Gasteiger partial charge in [0.15, 0.2) is 17.1 Å². The van der Waals surface area contributed by atoms with Gasteiger partial charge in [0.05, 0.1) is 24.4 Å². The Morgan fingerprint density at radius 1 is 1.32 bits per heavy atom. The maximum Gasteiger partial charge on any atom is 0.225 e. The number of thioether (sulfide) groups is 1. The van der Waals surface area contributed by atoms with Crippen molar-refractivity contribution in [3.63, 3.8) is 0 Å². The summed E-state index contributed by atoms with van der Waals surface area (Å²) in [6.07, 6.45) is 5.39. The SMILES string of the molecule is CSCCn1ncc2c1nc(N)n1nc(-c3ccco3)nc21. The molecule has 8 nitrogen and oxygen atoms in total. The van der Waals surface area contributed by atoms with Crippen molar-refractivity contribution in [2.75, 3.05) is 17.7 Å². The number of aryl methyl sites for hydroxylation is 1. The van der Waals surface area contributed by atoms with Gasteiger partial charge in [0.25, 0.3) is 0 Å². The van der Waals surface area contributed by atoms with Crippen molar-refractivity contribution in [2.24, 2.45) is 0 Å². The lowest BCUT2D eigenvalue weighted by atomic mass is 10.4. The average molecular weight is 315 g/mol. The van der Waals surface area contributed by atoms with Crippen molar-refractivity contribution in [1.29, 1.82) is 0 Å². The summed E-state index contributed by atoms with van der Waals surface area (Å²) >= 11 is 1.75. The quantitative estimate of drug-likeness (QED) is 0.611. The van der Waals surface area contributed by atoms with E-state index in [4.69, 9.17) is 10.2 Å². The highest BCUT2D eigenvalue weighted by molar-refractivity contribution is 7.98. The van der Waals surface area contributed by atoms with Crippen molar-refractivity contribution in [1.82, 2.24) is 29.4 Å². The first-order chi connectivity index (χ1) is 10.8. The Morgan fingerprint density at radius 2 is 2.23 bits per heavy atom. The first-order valence-corrected chi connectivity index (χ1v) is 8.08. The first-order valence-electron chi connectivity index (χ1n) is 6.68. The molecule has 22 heavy (non-hydrogen) atoms. The van der Waals surface area contributed by atoms with Gasteiger partial charge in [-0.2, -0.15) is 26.4 Å². The zero-order valence-corrected chi connectivity index (χ0v) is 12.6. The summed E-state index contributed by atoms with van der Waals surface area (Å²) in [5.74, 6) is 2.29. The average Bonchev–Trinajstić information content (AvgIpc) is 3.23. The van der Waals surface area contributed by atoms with Gasteiger partial charge in [-0.1, -0.05) is 0 Å². The smallest absolute Gasteiger partial charge is 0.225 e. The Labute approximate surface area is 129 Å². The summed E-state index contributed by atoms with van der Waals surface area (Å²) in [5.41, 5.74) is 7.37. The van der Waals surface area contributed by atoms with Gasteiger partial charge in [-0.15, -0.1) is 5.10 Å². The topological polar surface area (TPSA) is 100 Å². The highest BCUT2D eigenvalue weighted by atomic mass is 32.2. The number of aromatic nitrogens is 6. The number of nitrogen functional groups attached to an aromatic ring is 1.